The van der Waals surface area contributed by atoms with E-state index in [1.165, 1.54) is 5.56 Å². The molecule has 2 rings (SSSR count). The van der Waals surface area contributed by atoms with Gasteiger partial charge in [-0.05, 0) is 43.0 Å². The van der Waals surface area contributed by atoms with E-state index in [0.717, 1.165) is 12.0 Å². The number of aryl methyl sites for hydroxylation is 2. The number of aliphatic carboxylic acids is 1. The first-order valence-electron chi connectivity index (χ1n) is 8.27. The fourth-order valence-electron chi connectivity index (χ4n) is 2.57. The van der Waals surface area contributed by atoms with E-state index in [1.54, 1.807) is 19.1 Å². The third kappa shape index (κ3) is 5.07. The molecule has 2 N–H and O–H groups in total. The zero-order valence-electron chi connectivity index (χ0n) is 14.4. The molecule has 0 aliphatic carbocycles. The van der Waals surface area contributed by atoms with Crippen LogP contribution in [0.15, 0.2) is 41.4 Å². The second kappa shape index (κ2) is 8.67. The highest BCUT2D eigenvalue weighted by atomic mass is 35.5. The summed E-state index contributed by atoms with van der Waals surface area (Å²) in [5, 5.41) is 19.8. The van der Waals surface area contributed by atoms with Crippen molar-refractivity contribution < 1.29 is 15.0 Å². The lowest BCUT2D eigenvalue weighted by Crippen LogP contribution is -2.07. The van der Waals surface area contributed by atoms with Crippen molar-refractivity contribution in [3.8, 4) is 5.75 Å². The second-order valence-corrected chi connectivity index (χ2v) is 6.33. The summed E-state index contributed by atoms with van der Waals surface area (Å²) in [5.41, 5.74) is 3.93. The molecule has 0 saturated heterocycles. The van der Waals surface area contributed by atoms with Crippen LogP contribution in [0.5, 0.6) is 5.75 Å². The van der Waals surface area contributed by atoms with Crippen molar-refractivity contribution in [2.75, 3.05) is 6.54 Å². The van der Waals surface area contributed by atoms with Gasteiger partial charge in [0.1, 0.15) is 5.75 Å². The Labute approximate surface area is 152 Å². The van der Waals surface area contributed by atoms with Gasteiger partial charge in [-0.1, -0.05) is 42.8 Å². The van der Waals surface area contributed by atoms with E-state index in [1.807, 2.05) is 24.3 Å². The number of hydrogen-bond acceptors (Lipinski definition) is 3. The number of hydrogen-bond donors (Lipinski definition) is 2. The fourth-order valence-corrected chi connectivity index (χ4v) is 2.84. The van der Waals surface area contributed by atoms with E-state index in [-0.39, 0.29) is 12.2 Å². The molecule has 2 aromatic carbocycles. The van der Waals surface area contributed by atoms with Gasteiger partial charge in [-0.3, -0.25) is 9.79 Å². The van der Waals surface area contributed by atoms with Crippen LogP contribution in [0.2, 0.25) is 5.02 Å². The van der Waals surface area contributed by atoms with Crippen LogP contribution in [-0.2, 0) is 11.2 Å². The average Bonchev–Trinajstić information content (AvgIpc) is 2.58. The van der Waals surface area contributed by atoms with Gasteiger partial charge in [0.15, 0.2) is 0 Å². The monoisotopic (exact) mass is 359 g/mol. The maximum absolute atomic E-state index is 10.7. The minimum absolute atomic E-state index is 0.0616. The van der Waals surface area contributed by atoms with Crippen molar-refractivity contribution in [2.45, 2.75) is 33.1 Å². The van der Waals surface area contributed by atoms with Crippen molar-refractivity contribution in [1.82, 2.24) is 0 Å². The van der Waals surface area contributed by atoms with Crippen LogP contribution in [0.3, 0.4) is 0 Å². The number of carboxylic acids is 1. The quantitative estimate of drug-likeness (QED) is 0.559. The summed E-state index contributed by atoms with van der Waals surface area (Å²) in [6.45, 7) is 4.23. The summed E-state index contributed by atoms with van der Waals surface area (Å²) in [7, 11) is 0. The number of nitrogens with zero attached hydrogens (tertiary/aromatic N) is 1. The first-order valence-corrected chi connectivity index (χ1v) is 8.65. The minimum Gasteiger partial charge on any atom is -0.507 e. The van der Waals surface area contributed by atoms with Crippen molar-refractivity contribution in [3.05, 3.63) is 63.7 Å². The highest BCUT2D eigenvalue weighted by molar-refractivity contribution is 6.31. The van der Waals surface area contributed by atoms with Crippen molar-refractivity contribution in [1.29, 1.82) is 0 Å². The molecule has 0 saturated carbocycles. The lowest BCUT2D eigenvalue weighted by atomic mass is 9.98. The number of aromatic hydroxyl groups is 1. The van der Waals surface area contributed by atoms with Crippen LogP contribution in [-0.4, -0.2) is 28.4 Å². The first kappa shape index (κ1) is 19.0. The molecule has 0 unspecified atom stereocenters. The Morgan fingerprint density at radius 1 is 1.20 bits per heavy atom. The molecule has 0 bridgehead atoms. The number of carbonyl (C=O) groups is 1. The molecule has 0 aliphatic rings. The molecule has 2 aromatic rings. The number of rotatable bonds is 7. The molecule has 0 radical (unpaired) electrons. The standard InChI is InChI=1S/C20H22ClNO3/c1-3-14-6-8-15(9-7-14)19(22-10-4-5-18(23)24)17-12-16(21)11-13(2)20(17)25/h6-9,11-12,25H,3-5,10H2,1-2H3,(H,23,24)/b22-19+. The number of aliphatic imine (C=N–C) groups is 1. The van der Waals surface area contributed by atoms with E-state index in [9.17, 15) is 9.90 Å². The molecule has 132 valence electrons. The van der Waals surface area contributed by atoms with Crippen molar-refractivity contribution in [2.24, 2.45) is 4.99 Å². The molecule has 0 amide bonds. The predicted octanol–water partition coefficient (Wildman–Crippen LogP) is 4.62. The Balaban J connectivity index is 2.44. The third-order valence-corrected chi connectivity index (χ3v) is 4.19. The van der Waals surface area contributed by atoms with Gasteiger partial charge in [0.25, 0.3) is 0 Å². The summed E-state index contributed by atoms with van der Waals surface area (Å²) in [6, 6.07) is 11.4. The smallest absolute Gasteiger partial charge is 0.303 e. The summed E-state index contributed by atoms with van der Waals surface area (Å²) >= 11 is 6.16. The van der Waals surface area contributed by atoms with E-state index < -0.39 is 5.97 Å². The van der Waals surface area contributed by atoms with Crippen LogP contribution in [0.1, 0.15) is 42.0 Å². The maximum atomic E-state index is 10.7. The molecule has 0 fully saturated rings. The average molecular weight is 360 g/mol. The van der Waals surface area contributed by atoms with Gasteiger partial charge in [0.2, 0.25) is 0 Å². The topological polar surface area (TPSA) is 69.9 Å². The minimum atomic E-state index is -0.842. The van der Waals surface area contributed by atoms with Crippen LogP contribution >= 0.6 is 11.6 Å². The van der Waals surface area contributed by atoms with Crippen LogP contribution in [0, 0.1) is 6.92 Å². The second-order valence-electron chi connectivity index (χ2n) is 5.90. The lowest BCUT2D eigenvalue weighted by molar-refractivity contribution is -0.137. The molecule has 4 nitrogen and oxygen atoms in total. The number of phenolic OH excluding ortho intramolecular Hbond substituents is 1. The Morgan fingerprint density at radius 2 is 1.88 bits per heavy atom. The van der Waals surface area contributed by atoms with E-state index >= 15 is 0 Å². The molecule has 0 aromatic heterocycles. The normalized spacial score (nSPS) is 11.6. The number of benzene rings is 2. The Kier molecular flexibility index (Phi) is 6.59. The predicted molar refractivity (Wildman–Crippen MR) is 101 cm³/mol. The largest absolute Gasteiger partial charge is 0.507 e. The maximum Gasteiger partial charge on any atom is 0.303 e. The Hall–Kier alpha value is -2.33. The summed E-state index contributed by atoms with van der Waals surface area (Å²) < 4.78 is 0. The molecule has 25 heavy (non-hydrogen) atoms. The van der Waals surface area contributed by atoms with Crippen LogP contribution in [0.4, 0.5) is 0 Å². The SMILES string of the molecule is CCc1ccc(/C(=N\CCCC(=O)O)c2cc(Cl)cc(C)c2O)cc1. The zero-order chi connectivity index (χ0) is 18.4. The molecule has 0 aliphatic heterocycles. The number of phenols is 1. The van der Waals surface area contributed by atoms with Crippen LogP contribution in [0.25, 0.3) is 0 Å². The first-order chi connectivity index (χ1) is 11.9. The van der Waals surface area contributed by atoms with Gasteiger partial charge in [-0.2, -0.15) is 0 Å². The number of carboxylic acid groups (broad SMARTS) is 1. The summed E-state index contributed by atoms with van der Waals surface area (Å²) in [4.78, 5) is 15.3. The van der Waals surface area contributed by atoms with Crippen molar-refractivity contribution in [3.63, 3.8) is 0 Å². The molecular weight excluding hydrogens is 338 g/mol. The summed E-state index contributed by atoms with van der Waals surface area (Å²) in [6.07, 6.45) is 1.44. The van der Waals surface area contributed by atoms with Gasteiger partial charge in [0, 0.05) is 29.1 Å². The van der Waals surface area contributed by atoms with Gasteiger partial charge in [-0.25, -0.2) is 0 Å². The molecule has 0 heterocycles. The molecule has 0 atom stereocenters. The molecular formula is C20H22ClNO3. The third-order valence-electron chi connectivity index (χ3n) is 3.97. The van der Waals surface area contributed by atoms with Crippen molar-refractivity contribution >= 4 is 23.3 Å². The molecule has 5 heteroatoms. The summed E-state index contributed by atoms with van der Waals surface area (Å²) in [5.74, 6) is -0.702. The highest BCUT2D eigenvalue weighted by Gasteiger charge is 2.15. The zero-order valence-corrected chi connectivity index (χ0v) is 15.2. The van der Waals surface area contributed by atoms with E-state index in [2.05, 4.69) is 11.9 Å². The van der Waals surface area contributed by atoms with Gasteiger partial charge in [-0.15, -0.1) is 0 Å². The van der Waals surface area contributed by atoms with Gasteiger partial charge in [0.05, 0.1) is 5.71 Å². The number of halogens is 1. The van der Waals surface area contributed by atoms with Gasteiger partial charge < -0.3 is 10.2 Å². The Morgan fingerprint density at radius 3 is 2.48 bits per heavy atom. The Bertz CT molecular complexity index is 782. The lowest BCUT2D eigenvalue weighted by Gasteiger charge is -2.13. The van der Waals surface area contributed by atoms with E-state index in [4.69, 9.17) is 16.7 Å². The van der Waals surface area contributed by atoms with Crippen LogP contribution < -0.4 is 0 Å². The van der Waals surface area contributed by atoms with Gasteiger partial charge >= 0.3 is 5.97 Å². The fraction of sp³-hybridized carbons (Fsp3) is 0.300. The van der Waals surface area contributed by atoms with E-state index in [0.29, 0.717) is 34.8 Å². The molecule has 0 spiro atoms. The highest BCUT2D eigenvalue weighted by Crippen LogP contribution is 2.29.